The summed E-state index contributed by atoms with van der Waals surface area (Å²) < 4.78 is 61.9. The third-order valence-corrected chi connectivity index (χ3v) is 11.2. The van der Waals surface area contributed by atoms with E-state index in [1.807, 2.05) is 17.0 Å². The first-order valence-corrected chi connectivity index (χ1v) is 17.6. The Morgan fingerprint density at radius 2 is 1.80 bits per heavy atom. The fourth-order valence-electron chi connectivity index (χ4n) is 7.78. The van der Waals surface area contributed by atoms with Crippen LogP contribution in [0.25, 0.3) is 32.0 Å². The minimum absolute atomic E-state index is 0.0967. The third kappa shape index (κ3) is 5.34. The molecule has 0 bridgehead atoms. The number of amides is 1. The van der Waals surface area contributed by atoms with Crippen molar-refractivity contribution in [2.45, 2.75) is 63.7 Å². The number of rotatable bonds is 7. The van der Waals surface area contributed by atoms with Crippen LogP contribution in [0.1, 0.15) is 81.4 Å². The first kappa shape index (κ1) is 31.7. The minimum Gasteiger partial charge on any atom is -0.421 e. The summed E-state index contributed by atoms with van der Waals surface area (Å²) in [5.41, 5.74) is 4.03. The van der Waals surface area contributed by atoms with Crippen LogP contribution in [0.4, 0.5) is 23.4 Å². The van der Waals surface area contributed by atoms with Gasteiger partial charge in [-0.15, -0.1) is 21.5 Å². The number of halogens is 4. The van der Waals surface area contributed by atoms with Gasteiger partial charge in [-0.2, -0.15) is 13.2 Å². The quantitative estimate of drug-likeness (QED) is 0.164. The summed E-state index contributed by atoms with van der Waals surface area (Å²) in [6, 6.07) is 10.7. The summed E-state index contributed by atoms with van der Waals surface area (Å²) in [5, 5.41) is 12.8. The summed E-state index contributed by atoms with van der Waals surface area (Å²) in [6.07, 6.45) is 1.81. The van der Waals surface area contributed by atoms with Gasteiger partial charge in [0.1, 0.15) is 11.6 Å². The minimum atomic E-state index is -4.47. The van der Waals surface area contributed by atoms with Crippen molar-refractivity contribution in [1.82, 2.24) is 30.0 Å². The number of nitrogens with one attached hydrogen (secondary N) is 1. The molecular formula is C37H29F4N7O2S. The Kier molecular flexibility index (Phi) is 7.42. The molecule has 5 aromatic heterocycles. The molecule has 6 aromatic rings. The highest BCUT2D eigenvalue weighted by Gasteiger charge is 2.45. The van der Waals surface area contributed by atoms with Gasteiger partial charge in [0.15, 0.2) is 0 Å². The zero-order valence-electron chi connectivity index (χ0n) is 27.2. The van der Waals surface area contributed by atoms with Crippen LogP contribution >= 0.6 is 11.3 Å². The van der Waals surface area contributed by atoms with Crippen molar-refractivity contribution < 1.29 is 26.8 Å². The maximum Gasteiger partial charge on any atom is 0.416 e. The van der Waals surface area contributed by atoms with E-state index >= 15 is 0 Å². The number of carbonyl (C=O) groups excluding carboxylic acids is 1. The van der Waals surface area contributed by atoms with Crippen LogP contribution in [0.5, 0.6) is 0 Å². The average Bonchev–Trinajstić information content (AvgIpc) is 3.95. The number of pyridine rings is 3. The Hall–Kier alpha value is -5.24. The fourth-order valence-corrected chi connectivity index (χ4v) is 8.94. The lowest BCUT2D eigenvalue weighted by molar-refractivity contribution is -0.138. The molecule has 9 nitrogen and oxygen atoms in total. The second-order valence-electron chi connectivity index (χ2n) is 13.1. The molecule has 0 saturated carbocycles. The van der Waals surface area contributed by atoms with E-state index in [1.165, 1.54) is 29.7 Å². The number of hydrogen-bond donors (Lipinski definition) is 1. The normalized spacial score (nSPS) is 18.1. The average molecular weight is 712 g/mol. The number of thiophene rings is 1. The predicted octanol–water partition coefficient (Wildman–Crippen LogP) is 8.44. The molecule has 1 aliphatic carbocycles. The molecule has 51 heavy (non-hydrogen) atoms. The van der Waals surface area contributed by atoms with Gasteiger partial charge >= 0.3 is 6.18 Å². The van der Waals surface area contributed by atoms with Gasteiger partial charge in [-0.3, -0.25) is 14.8 Å². The van der Waals surface area contributed by atoms with Gasteiger partial charge in [0.25, 0.3) is 5.91 Å². The van der Waals surface area contributed by atoms with Crippen molar-refractivity contribution >= 4 is 33.1 Å². The number of fused-ring (bicyclic) bond motifs is 5. The molecule has 258 valence electrons. The van der Waals surface area contributed by atoms with E-state index in [-0.39, 0.29) is 35.6 Å². The number of carbonyl (C=O) groups is 1. The first-order valence-electron chi connectivity index (χ1n) is 16.8. The zero-order chi connectivity index (χ0) is 35.0. The summed E-state index contributed by atoms with van der Waals surface area (Å²) in [7, 11) is 0. The van der Waals surface area contributed by atoms with Crippen molar-refractivity contribution in [3.05, 3.63) is 106 Å². The van der Waals surface area contributed by atoms with Gasteiger partial charge in [0.05, 0.1) is 50.6 Å². The maximum absolute atomic E-state index is 14.2. The number of aromatic nitrogens is 5. The molecule has 7 heterocycles. The molecule has 1 saturated heterocycles. The summed E-state index contributed by atoms with van der Waals surface area (Å²) in [6.45, 7) is 2.34. The van der Waals surface area contributed by atoms with E-state index < -0.39 is 17.8 Å². The first-order chi connectivity index (χ1) is 24.6. The van der Waals surface area contributed by atoms with Crippen LogP contribution in [0, 0.1) is 12.7 Å². The lowest BCUT2D eigenvalue weighted by Gasteiger charge is -2.16. The molecule has 0 spiro atoms. The number of hydrogen-bond acceptors (Lipinski definition) is 9. The molecule has 1 unspecified atom stereocenters. The Labute approximate surface area is 292 Å². The van der Waals surface area contributed by atoms with Gasteiger partial charge in [-0.05, 0) is 85.4 Å². The Balaban J connectivity index is 1.19. The van der Waals surface area contributed by atoms with Gasteiger partial charge in [0, 0.05) is 36.3 Å². The summed E-state index contributed by atoms with van der Waals surface area (Å²) in [5.74, 6) is 0.714. The summed E-state index contributed by atoms with van der Waals surface area (Å²) in [4.78, 5) is 31.0. The van der Waals surface area contributed by atoms with Crippen LogP contribution in [0.15, 0.2) is 59.3 Å². The molecule has 0 radical (unpaired) electrons. The number of anilines is 1. The van der Waals surface area contributed by atoms with Crippen LogP contribution in [0.3, 0.4) is 0 Å². The van der Waals surface area contributed by atoms with Crippen molar-refractivity contribution in [3.8, 4) is 21.9 Å². The highest BCUT2D eigenvalue weighted by molar-refractivity contribution is 7.23. The van der Waals surface area contributed by atoms with Gasteiger partial charge in [-0.25, -0.2) is 9.37 Å². The van der Waals surface area contributed by atoms with Gasteiger partial charge in [-0.1, -0.05) is 12.1 Å². The van der Waals surface area contributed by atoms with Crippen LogP contribution in [-0.2, 0) is 25.4 Å². The van der Waals surface area contributed by atoms with Crippen LogP contribution < -0.4 is 5.32 Å². The van der Waals surface area contributed by atoms with Crippen molar-refractivity contribution in [2.75, 3.05) is 11.9 Å². The van der Waals surface area contributed by atoms with Gasteiger partial charge < -0.3 is 14.6 Å². The van der Waals surface area contributed by atoms with E-state index in [2.05, 4.69) is 25.5 Å². The molecule has 2 atom stereocenters. The summed E-state index contributed by atoms with van der Waals surface area (Å²) >= 11 is 1.43. The number of aryl methyl sites for hydroxylation is 3. The van der Waals surface area contributed by atoms with E-state index in [1.54, 1.807) is 25.3 Å². The Bertz CT molecular complexity index is 2350. The highest BCUT2D eigenvalue weighted by atomic mass is 32.1. The number of alkyl halides is 3. The van der Waals surface area contributed by atoms with Crippen LogP contribution in [-0.4, -0.2) is 42.5 Å². The second-order valence-corrected chi connectivity index (χ2v) is 14.2. The molecule has 2 aliphatic heterocycles. The van der Waals surface area contributed by atoms with Gasteiger partial charge in [0.2, 0.25) is 11.8 Å². The standard InChI is InChI=1S/C37H29F4N7O2S/c1-18-46-47-35(50-18)28-24(10-6-19-4-7-21(38)8-5-19)44-32-26-3-2-16-48(26)36(49)30(32)29(28)27-17-20-12-14-43-34(33(20)51-27)45-25-11-9-22-23(37(39,40)41)13-15-42-31(22)25/h4-5,7-8,12-15,17,25-26H,2-3,6,9-11,16H2,1H3,(H,43,45)/t25?,26-/m1/s1. The van der Waals surface area contributed by atoms with E-state index in [0.717, 1.165) is 45.1 Å². The van der Waals surface area contributed by atoms with E-state index in [0.29, 0.717) is 65.6 Å². The Morgan fingerprint density at radius 3 is 2.59 bits per heavy atom. The maximum atomic E-state index is 14.2. The topological polar surface area (TPSA) is 110 Å². The predicted molar refractivity (Wildman–Crippen MR) is 182 cm³/mol. The number of nitrogens with zero attached hydrogens (tertiary/aromatic N) is 6. The molecule has 3 aliphatic rings. The molecule has 1 amide bonds. The van der Waals surface area contributed by atoms with E-state index in [9.17, 15) is 22.4 Å². The highest BCUT2D eigenvalue weighted by Crippen LogP contribution is 2.51. The van der Waals surface area contributed by atoms with Crippen molar-refractivity contribution in [1.29, 1.82) is 0 Å². The smallest absolute Gasteiger partial charge is 0.416 e. The molecular weight excluding hydrogens is 683 g/mol. The molecule has 1 aromatic carbocycles. The van der Waals surface area contributed by atoms with Crippen molar-refractivity contribution in [2.24, 2.45) is 0 Å². The monoisotopic (exact) mass is 711 g/mol. The van der Waals surface area contributed by atoms with Crippen LogP contribution in [0.2, 0.25) is 0 Å². The molecule has 1 N–H and O–H groups in total. The lowest BCUT2D eigenvalue weighted by Crippen LogP contribution is -2.22. The SMILES string of the molecule is Cc1nnc(-c2c(CCc3ccc(F)cc3)nc3c(c2-c2cc4ccnc(NC5CCc6c(C(F)(F)F)ccnc65)c4s2)C(=O)N2CCC[C@H]32)o1. The fraction of sp³-hybridized carbons (Fsp3) is 0.297. The third-order valence-electron chi connectivity index (χ3n) is 10.0. The largest absolute Gasteiger partial charge is 0.421 e. The second kappa shape index (κ2) is 11.9. The number of benzene rings is 1. The zero-order valence-corrected chi connectivity index (χ0v) is 28.0. The Morgan fingerprint density at radius 1 is 0.980 bits per heavy atom. The molecule has 14 heteroatoms. The van der Waals surface area contributed by atoms with E-state index in [4.69, 9.17) is 9.40 Å². The lowest BCUT2D eigenvalue weighted by atomic mass is 9.93. The molecule has 9 rings (SSSR count). The van der Waals surface area contributed by atoms with Crippen molar-refractivity contribution in [3.63, 3.8) is 0 Å². The molecule has 1 fully saturated rings.